The Labute approximate surface area is 223 Å². The lowest BCUT2D eigenvalue weighted by molar-refractivity contribution is -0.130. The zero-order valence-electron chi connectivity index (χ0n) is 21.9. The Morgan fingerprint density at radius 3 is 2.68 bits per heavy atom. The normalized spacial score (nSPS) is 19.9. The lowest BCUT2D eigenvalue weighted by Gasteiger charge is -2.36. The molecule has 200 valence electrons. The molecule has 0 bridgehead atoms. The van der Waals surface area contributed by atoms with Crippen LogP contribution in [0.25, 0.3) is 16.7 Å². The van der Waals surface area contributed by atoms with Crippen molar-refractivity contribution in [2.75, 3.05) is 56.7 Å². The van der Waals surface area contributed by atoms with Gasteiger partial charge in [0.05, 0.1) is 30.9 Å². The van der Waals surface area contributed by atoms with Crippen LogP contribution < -0.4 is 10.2 Å². The number of anilines is 2. The van der Waals surface area contributed by atoms with E-state index in [2.05, 4.69) is 50.2 Å². The summed E-state index contributed by atoms with van der Waals surface area (Å²) in [6.07, 6.45) is 8.19. The molecule has 1 saturated carbocycles. The predicted octanol–water partition coefficient (Wildman–Crippen LogP) is 3.37. The van der Waals surface area contributed by atoms with E-state index in [1.807, 2.05) is 12.1 Å². The molecule has 0 unspecified atom stereocenters. The number of rotatable bonds is 9. The first kappa shape index (κ1) is 25.9. The first-order valence-electron chi connectivity index (χ1n) is 13.4. The van der Waals surface area contributed by atoms with Crippen LogP contribution in [0.1, 0.15) is 32.1 Å². The van der Waals surface area contributed by atoms with Gasteiger partial charge in [-0.2, -0.15) is 10.2 Å². The summed E-state index contributed by atoms with van der Waals surface area (Å²) < 4.78 is 13.1. The van der Waals surface area contributed by atoms with Crippen molar-refractivity contribution in [1.29, 1.82) is 5.26 Å². The van der Waals surface area contributed by atoms with Gasteiger partial charge in [-0.3, -0.25) is 4.79 Å². The first-order chi connectivity index (χ1) is 18.7. The van der Waals surface area contributed by atoms with Gasteiger partial charge in [-0.25, -0.2) is 4.98 Å². The molecule has 1 aromatic carbocycles. The first-order valence-corrected chi connectivity index (χ1v) is 13.4. The number of nitrogens with one attached hydrogen (secondary N) is 1. The highest BCUT2D eigenvalue weighted by Crippen LogP contribution is 2.30. The van der Waals surface area contributed by atoms with E-state index >= 15 is 0 Å². The van der Waals surface area contributed by atoms with E-state index in [4.69, 9.17) is 19.7 Å². The third-order valence-electron chi connectivity index (χ3n) is 7.45. The summed E-state index contributed by atoms with van der Waals surface area (Å²) in [5.41, 5.74) is 2.22. The maximum Gasteiger partial charge on any atom is 0.236 e. The number of ether oxygens (including phenoxy) is 2. The number of methoxy groups -OCH3 is 1. The number of hydrogen-bond donors (Lipinski definition) is 1. The number of benzene rings is 1. The summed E-state index contributed by atoms with van der Waals surface area (Å²) in [6, 6.07) is 12.6. The topological polar surface area (TPSA) is 109 Å². The van der Waals surface area contributed by atoms with Gasteiger partial charge in [-0.05, 0) is 49.9 Å². The molecule has 1 aliphatic heterocycles. The zero-order chi connectivity index (χ0) is 26.3. The number of nitrogens with zero attached hydrogens (tertiary/aromatic N) is 6. The largest absolute Gasteiger partial charge is 0.382 e. The molecule has 2 fully saturated rings. The lowest BCUT2D eigenvalue weighted by Crippen LogP contribution is -2.48. The number of amides is 1. The molecule has 1 N–H and O–H groups in total. The van der Waals surface area contributed by atoms with Gasteiger partial charge in [0.15, 0.2) is 0 Å². The van der Waals surface area contributed by atoms with E-state index in [9.17, 15) is 4.79 Å². The molecule has 10 heteroatoms. The van der Waals surface area contributed by atoms with Gasteiger partial charge in [0.1, 0.15) is 12.2 Å². The van der Waals surface area contributed by atoms with Crippen LogP contribution in [0.5, 0.6) is 0 Å². The number of fused-ring (bicyclic) bond motifs is 1. The summed E-state index contributed by atoms with van der Waals surface area (Å²) >= 11 is 0. The minimum absolute atomic E-state index is 0.0568. The van der Waals surface area contributed by atoms with Crippen molar-refractivity contribution in [3.05, 3.63) is 42.7 Å². The van der Waals surface area contributed by atoms with E-state index in [-0.39, 0.29) is 12.3 Å². The van der Waals surface area contributed by atoms with Crippen molar-refractivity contribution >= 4 is 28.4 Å². The zero-order valence-corrected chi connectivity index (χ0v) is 21.9. The monoisotopic (exact) mass is 517 g/mol. The van der Waals surface area contributed by atoms with E-state index in [0.717, 1.165) is 61.2 Å². The van der Waals surface area contributed by atoms with Crippen molar-refractivity contribution in [3.8, 4) is 11.9 Å². The van der Waals surface area contributed by atoms with Crippen molar-refractivity contribution in [2.45, 2.75) is 44.2 Å². The Morgan fingerprint density at radius 2 is 1.92 bits per heavy atom. The molecule has 38 heavy (non-hydrogen) atoms. The quantitative estimate of drug-likeness (QED) is 0.431. The van der Waals surface area contributed by atoms with Crippen LogP contribution in [0.4, 0.5) is 11.6 Å². The second-order valence-corrected chi connectivity index (χ2v) is 9.82. The van der Waals surface area contributed by atoms with Crippen LogP contribution in [0.15, 0.2) is 42.7 Å². The lowest BCUT2D eigenvalue weighted by atomic mass is 9.93. The van der Waals surface area contributed by atoms with Crippen LogP contribution in [0.2, 0.25) is 0 Å². The van der Waals surface area contributed by atoms with Crippen LogP contribution in [-0.4, -0.2) is 84.0 Å². The number of aromatic nitrogens is 3. The van der Waals surface area contributed by atoms with Crippen LogP contribution >= 0.6 is 0 Å². The highest BCUT2D eigenvalue weighted by atomic mass is 16.5. The maximum atomic E-state index is 12.1. The average Bonchev–Trinajstić information content (AvgIpc) is 3.39. The van der Waals surface area contributed by atoms with Gasteiger partial charge in [-0.15, -0.1) is 0 Å². The fraction of sp³-hybridized carbons (Fsp3) is 0.500. The van der Waals surface area contributed by atoms with Crippen molar-refractivity contribution in [3.63, 3.8) is 0 Å². The minimum atomic E-state index is -0.0897. The van der Waals surface area contributed by atoms with Crippen LogP contribution in [-0.2, 0) is 14.3 Å². The Balaban J connectivity index is 1.25. The molecule has 1 saturated heterocycles. The number of nitriles is 1. The number of carbonyl (C=O) groups excluding carboxylic acids is 1. The van der Waals surface area contributed by atoms with Gasteiger partial charge >= 0.3 is 0 Å². The van der Waals surface area contributed by atoms with Crippen LogP contribution in [0.3, 0.4) is 0 Å². The number of piperazine rings is 1. The Kier molecular flexibility index (Phi) is 8.36. The molecule has 2 aliphatic rings. The predicted molar refractivity (Wildman–Crippen MR) is 145 cm³/mol. The minimum Gasteiger partial charge on any atom is -0.382 e. The summed E-state index contributed by atoms with van der Waals surface area (Å²) in [5, 5.41) is 13.5. The third-order valence-corrected chi connectivity index (χ3v) is 7.45. The second kappa shape index (κ2) is 12.2. The van der Waals surface area contributed by atoms with E-state index in [0.29, 0.717) is 44.4 Å². The smallest absolute Gasteiger partial charge is 0.236 e. The molecule has 5 rings (SSSR count). The molecular weight excluding hydrogens is 482 g/mol. The molecule has 2 aromatic heterocycles. The van der Waals surface area contributed by atoms with Crippen molar-refractivity contribution < 1.29 is 14.3 Å². The van der Waals surface area contributed by atoms with Crippen molar-refractivity contribution in [2.24, 2.45) is 0 Å². The molecule has 3 aromatic rings. The van der Waals surface area contributed by atoms with Gasteiger partial charge in [0.25, 0.3) is 0 Å². The van der Waals surface area contributed by atoms with Crippen LogP contribution in [0, 0.1) is 11.3 Å². The van der Waals surface area contributed by atoms with Crippen molar-refractivity contribution in [1.82, 2.24) is 19.4 Å². The Hall–Kier alpha value is -3.68. The number of hydrogen-bond acceptors (Lipinski definition) is 8. The van der Waals surface area contributed by atoms with Gasteiger partial charge in [-0.1, -0.05) is 6.07 Å². The summed E-state index contributed by atoms with van der Waals surface area (Å²) in [6.45, 7) is 4.01. The number of carbonyl (C=O) groups is 1. The third kappa shape index (κ3) is 5.90. The molecular formula is C28H35N7O3. The summed E-state index contributed by atoms with van der Waals surface area (Å²) in [4.78, 5) is 25.5. The molecule has 1 aliphatic carbocycles. The van der Waals surface area contributed by atoms with E-state index in [1.54, 1.807) is 18.2 Å². The average molecular weight is 518 g/mol. The molecule has 1 amide bonds. The summed E-state index contributed by atoms with van der Waals surface area (Å²) in [5.74, 6) is 1.37. The summed E-state index contributed by atoms with van der Waals surface area (Å²) in [7, 11) is 1.69. The Morgan fingerprint density at radius 1 is 1.11 bits per heavy atom. The Bertz CT molecular complexity index is 1270. The maximum absolute atomic E-state index is 12.1. The standard InChI is InChI=1S/C28H35N7O3/c1-37-19-20-38-22-7-5-21(6-8-22)31-28-30-13-10-26(32-28)35-14-11-23-24(3-2-4-25(23)35)33-15-17-34(18-16-33)27(36)9-12-29/h2-4,10-11,13-14,21-22H,5-9,15-20H2,1H3,(H,30,31,32). The SMILES string of the molecule is COCCOC1CCC(Nc2nccc(-n3ccc4c(N5CCN(C(=O)CC#N)CC5)cccc43)n2)CC1. The molecule has 0 atom stereocenters. The molecule has 0 radical (unpaired) electrons. The highest BCUT2D eigenvalue weighted by molar-refractivity contribution is 5.94. The van der Waals surface area contributed by atoms with E-state index in [1.165, 1.54) is 0 Å². The molecule has 10 nitrogen and oxygen atoms in total. The van der Waals surface area contributed by atoms with Gasteiger partial charge < -0.3 is 29.2 Å². The fourth-order valence-electron chi connectivity index (χ4n) is 5.41. The second-order valence-electron chi connectivity index (χ2n) is 9.82. The fourth-order valence-corrected chi connectivity index (χ4v) is 5.41. The van der Waals surface area contributed by atoms with Gasteiger partial charge in [0.2, 0.25) is 11.9 Å². The molecule has 3 heterocycles. The highest BCUT2D eigenvalue weighted by Gasteiger charge is 2.24. The van der Waals surface area contributed by atoms with Gasteiger partial charge in [0, 0.05) is 62.8 Å². The molecule has 0 spiro atoms. The van der Waals surface area contributed by atoms with E-state index < -0.39 is 0 Å².